The van der Waals surface area contributed by atoms with Crippen LogP contribution in [0.2, 0.25) is 0 Å². The largest absolute Gasteiger partial charge is 0.497 e. The van der Waals surface area contributed by atoms with Gasteiger partial charge in [-0.2, -0.15) is 0 Å². The quantitative estimate of drug-likeness (QED) is 0.852. The Hall–Kier alpha value is -1.75. The molecule has 3 amide bonds. The van der Waals surface area contributed by atoms with Crippen LogP contribution >= 0.6 is 11.6 Å². The van der Waals surface area contributed by atoms with Crippen LogP contribution in [-0.4, -0.2) is 32.0 Å². The van der Waals surface area contributed by atoms with Gasteiger partial charge in [0.25, 0.3) is 0 Å². The van der Waals surface area contributed by atoms with Crippen molar-refractivity contribution in [3.8, 4) is 5.75 Å². The molecule has 0 aliphatic carbocycles. The van der Waals surface area contributed by atoms with Crippen molar-refractivity contribution in [2.75, 3.05) is 24.9 Å². The monoisotopic (exact) mass is 270 g/mol. The van der Waals surface area contributed by atoms with Gasteiger partial charge in [0.2, 0.25) is 5.91 Å². The number of carbonyl (C=O) groups excluding carboxylic acids is 2. The lowest BCUT2D eigenvalue weighted by molar-refractivity contribution is -0.119. The lowest BCUT2D eigenvalue weighted by atomic mass is 10.3. The lowest BCUT2D eigenvalue weighted by Crippen LogP contribution is -2.40. The van der Waals surface area contributed by atoms with Crippen LogP contribution in [0.3, 0.4) is 0 Å². The number of amides is 3. The summed E-state index contributed by atoms with van der Waals surface area (Å²) in [5.41, 5.74) is 0.630. The van der Waals surface area contributed by atoms with E-state index in [1.807, 2.05) is 0 Å². The minimum Gasteiger partial charge on any atom is -0.497 e. The first kappa shape index (κ1) is 14.3. The molecule has 1 aromatic rings. The molecule has 1 rings (SSSR count). The zero-order valence-corrected chi connectivity index (χ0v) is 11.0. The number of ether oxygens (including phenoxy) is 1. The average molecular weight is 271 g/mol. The highest BCUT2D eigenvalue weighted by atomic mass is 35.5. The first-order valence-electron chi connectivity index (χ1n) is 5.36. The van der Waals surface area contributed by atoms with Crippen LogP contribution in [0.4, 0.5) is 10.5 Å². The summed E-state index contributed by atoms with van der Waals surface area (Å²) in [6.45, 7) is 0. The number of anilines is 1. The molecule has 0 heterocycles. The molecule has 0 spiro atoms. The molecule has 0 aliphatic heterocycles. The predicted octanol–water partition coefficient (Wildman–Crippen LogP) is 2.00. The summed E-state index contributed by atoms with van der Waals surface area (Å²) < 4.78 is 5.06. The number of rotatable bonds is 4. The minimum atomic E-state index is -0.502. The van der Waals surface area contributed by atoms with Gasteiger partial charge < -0.3 is 4.74 Å². The molecule has 0 saturated carbocycles. The van der Waals surface area contributed by atoms with Crippen LogP contribution in [0.15, 0.2) is 24.3 Å². The van der Waals surface area contributed by atoms with Crippen LogP contribution < -0.4 is 15.0 Å². The van der Waals surface area contributed by atoms with Crippen LogP contribution in [0.25, 0.3) is 0 Å². The van der Waals surface area contributed by atoms with E-state index in [9.17, 15) is 9.59 Å². The van der Waals surface area contributed by atoms with E-state index < -0.39 is 11.9 Å². The molecular formula is C12H15ClN2O3. The van der Waals surface area contributed by atoms with E-state index in [0.29, 0.717) is 11.4 Å². The second-order valence-electron chi connectivity index (χ2n) is 3.55. The Morgan fingerprint density at radius 1 is 1.44 bits per heavy atom. The number of urea groups is 1. The van der Waals surface area contributed by atoms with Crippen LogP contribution in [-0.2, 0) is 4.79 Å². The van der Waals surface area contributed by atoms with E-state index in [4.69, 9.17) is 16.3 Å². The number of imide groups is 1. The predicted molar refractivity (Wildman–Crippen MR) is 70.3 cm³/mol. The Bertz CT molecular complexity index is 437. The second-order valence-corrected chi connectivity index (χ2v) is 3.93. The smallest absolute Gasteiger partial charge is 0.328 e. The second kappa shape index (κ2) is 6.86. The van der Waals surface area contributed by atoms with Gasteiger partial charge >= 0.3 is 6.03 Å². The van der Waals surface area contributed by atoms with Crippen molar-refractivity contribution in [3.05, 3.63) is 24.3 Å². The van der Waals surface area contributed by atoms with Crippen molar-refractivity contribution >= 4 is 29.2 Å². The average Bonchev–Trinajstić information content (AvgIpc) is 2.38. The normalized spacial score (nSPS) is 9.72. The number of hydrogen-bond acceptors (Lipinski definition) is 3. The van der Waals surface area contributed by atoms with Crippen molar-refractivity contribution in [1.29, 1.82) is 0 Å². The first-order valence-corrected chi connectivity index (χ1v) is 5.89. The summed E-state index contributed by atoms with van der Waals surface area (Å²) in [6, 6.07) is 6.48. The number of methoxy groups -OCH3 is 1. The fraction of sp³-hybridized carbons (Fsp3) is 0.333. The maximum atomic E-state index is 11.7. The summed E-state index contributed by atoms with van der Waals surface area (Å²) in [5.74, 6) is 0.422. The highest BCUT2D eigenvalue weighted by Crippen LogP contribution is 2.19. The minimum absolute atomic E-state index is 0.110. The van der Waals surface area contributed by atoms with E-state index in [-0.39, 0.29) is 12.3 Å². The molecule has 0 aliphatic rings. The molecular weight excluding hydrogens is 256 g/mol. The van der Waals surface area contributed by atoms with E-state index in [0.717, 1.165) is 0 Å². The maximum Gasteiger partial charge on any atom is 0.328 e. The van der Waals surface area contributed by atoms with Crippen molar-refractivity contribution in [2.24, 2.45) is 0 Å². The van der Waals surface area contributed by atoms with Gasteiger partial charge in [0.05, 0.1) is 7.11 Å². The third kappa shape index (κ3) is 3.92. The summed E-state index contributed by atoms with van der Waals surface area (Å²) in [4.78, 5) is 24.3. The summed E-state index contributed by atoms with van der Waals surface area (Å²) in [6.07, 6.45) is 0.110. The van der Waals surface area contributed by atoms with E-state index in [2.05, 4.69) is 5.32 Å². The molecule has 0 atom stereocenters. The Kier molecular flexibility index (Phi) is 5.45. The number of nitrogens with zero attached hydrogens (tertiary/aromatic N) is 1. The van der Waals surface area contributed by atoms with Crippen LogP contribution in [0.1, 0.15) is 6.42 Å². The summed E-state index contributed by atoms with van der Waals surface area (Å²) in [7, 11) is 3.11. The lowest BCUT2D eigenvalue weighted by Gasteiger charge is -2.17. The number of nitrogens with one attached hydrogen (secondary N) is 1. The molecule has 0 aromatic heterocycles. The van der Waals surface area contributed by atoms with Crippen molar-refractivity contribution < 1.29 is 14.3 Å². The molecule has 0 fully saturated rings. The molecule has 6 heteroatoms. The van der Waals surface area contributed by atoms with Gasteiger partial charge in [-0.25, -0.2) is 4.79 Å². The third-order valence-electron chi connectivity index (χ3n) is 2.31. The number of halogens is 1. The summed E-state index contributed by atoms with van der Waals surface area (Å²) >= 11 is 5.41. The van der Waals surface area contributed by atoms with Crippen LogP contribution in [0, 0.1) is 0 Å². The van der Waals surface area contributed by atoms with E-state index >= 15 is 0 Å². The van der Waals surface area contributed by atoms with Crippen molar-refractivity contribution in [2.45, 2.75) is 6.42 Å². The Balaban J connectivity index is 2.70. The SMILES string of the molecule is COc1cccc(N(C)C(=O)NC(=O)CCCl)c1. The number of alkyl halides is 1. The molecule has 0 bridgehead atoms. The molecule has 0 saturated heterocycles. The molecule has 98 valence electrons. The zero-order valence-electron chi connectivity index (χ0n) is 10.3. The molecule has 1 aromatic carbocycles. The van der Waals surface area contributed by atoms with Crippen molar-refractivity contribution in [3.63, 3.8) is 0 Å². The van der Waals surface area contributed by atoms with E-state index in [1.165, 1.54) is 4.90 Å². The Morgan fingerprint density at radius 3 is 2.78 bits per heavy atom. The van der Waals surface area contributed by atoms with Gasteiger partial charge in [0.15, 0.2) is 0 Å². The molecule has 0 radical (unpaired) electrons. The van der Waals surface area contributed by atoms with Gasteiger partial charge in [-0.3, -0.25) is 15.0 Å². The number of carbonyl (C=O) groups is 2. The third-order valence-corrected chi connectivity index (χ3v) is 2.50. The van der Waals surface area contributed by atoms with E-state index in [1.54, 1.807) is 38.4 Å². The topological polar surface area (TPSA) is 58.6 Å². The molecule has 1 N–H and O–H groups in total. The van der Waals surface area contributed by atoms with Gasteiger partial charge in [-0.15, -0.1) is 11.6 Å². The molecule has 5 nitrogen and oxygen atoms in total. The Labute approximate surface area is 111 Å². The van der Waals surface area contributed by atoms with Gasteiger partial charge in [-0.05, 0) is 12.1 Å². The fourth-order valence-corrected chi connectivity index (χ4v) is 1.46. The van der Waals surface area contributed by atoms with Gasteiger partial charge in [0, 0.05) is 31.1 Å². The number of hydrogen-bond donors (Lipinski definition) is 1. The van der Waals surface area contributed by atoms with Gasteiger partial charge in [0.1, 0.15) is 5.75 Å². The standard InChI is InChI=1S/C12H15ClN2O3/c1-15(12(17)14-11(16)6-7-13)9-4-3-5-10(8-9)18-2/h3-5,8H,6-7H2,1-2H3,(H,14,16,17). The first-order chi connectivity index (χ1) is 8.58. The van der Waals surface area contributed by atoms with Crippen molar-refractivity contribution in [1.82, 2.24) is 5.32 Å². The maximum absolute atomic E-state index is 11.7. The molecule has 0 unspecified atom stereocenters. The molecule has 18 heavy (non-hydrogen) atoms. The van der Waals surface area contributed by atoms with Gasteiger partial charge in [-0.1, -0.05) is 6.07 Å². The van der Waals surface area contributed by atoms with Crippen LogP contribution in [0.5, 0.6) is 5.75 Å². The highest BCUT2D eigenvalue weighted by molar-refractivity contribution is 6.19. The zero-order chi connectivity index (χ0) is 13.5. The fourth-order valence-electron chi connectivity index (χ4n) is 1.29. The Morgan fingerprint density at radius 2 is 2.17 bits per heavy atom. The summed E-state index contributed by atoms with van der Waals surface area (Å²) in [5, 5.41) is 2.24. The highest BCUT2D eigenvalue weighted by Gasteiger charge is 2.14. The number of benzene rings is 1.